The van der Waals surface area contributed by atoms with Gasteiger partial charge in [-0.2, -0.15) is 0 Å². The summed E-state index contributed by atoms with van der Waals surface area (Å²) in [4.78, 5) is 4.59. The highest BCUT2D eigenvalue weighted by atomic mass is 32.1. The molecule has 0 radical (unpaired) electrons. The summed E-state index contributed by atoms with van der Waals surface area (Å²) in [5.41, 5.74) is 1.63. The first-order valence-electron chi connectivity index (χ1n) is 4.34. The fourth-order valence-corrected chi connectivity index (χ4v) is 2.29. The zero-order chi connectivity index (χ0) is 8.60. The van der Waals surface area contributed by atoms with Crippen LogP contribution in [0.3, 0.4) is 0 Å². The van der Waals surface area contributed by atoms with Gasteiger partial charge in [-0.15, -0.1) is 11.3 Å². The molecule has 0 aromatic carbocycles. The molecule has 1 fully saturated rings. The maximum Gasteiger partial charge on any atom is 0.0988 e. The molecule has 0 unspecified atom stereocenters. The van der Waals surface area contributed by atoms with E-state index in [9.17, 15) is 0 Å². The van der Waals surface area contributed by atoms with E-state index in [4.69, 9.17) is 0 Å². The lowest BCUT2D eigenvalue weighted by Gasteiger charge is -2.00. The molecule has 0 amide bonds. The standard InChI is InChI=1S/C9H14N2S/c1-9(3-4-9)8-11-7(5-10-2)6-12-8/h6,10H,3-5H2,1-2H3. The monoisotopic (exact) mass is 182 g/mol. The molecule has 2 nitrogen and oxygen atoms in total. The molecule has 1 aromatic rings. The highest BCUT2D eigenvalue weighted by Crippen LogP contribution is 2.48. The van der Waals surface area contributed by atoms with Gasteiger partial charge in [-0.05, 0) is 19.9 Å². The zero-order valence-electron chi connectivity index (χ0n) is 7.55. The number of aromatic nitrogens is 1. The summed E-state index contributed by atoms with van der Waals surface area (Å²) in [6.45, 7) is 3.20. The smallest absolute Gasteiger partial charge is 0.0988 e. The average Bonchev–Trinajstić information content (AvgIpc) is 2.64. The number of hydrogen-bond donors (Lipinski definition) is 1. The van der Waals surface area contributed by atoms with Crippen molar-refractivity contribution in [1.82, 2.24) is 10.3 Å². The van der Waals surface area contributed by atoms with Crippen LogP contribution in [0, 0.1) is 0 Å². The van der Waals surface area contributed by atoms with E-state index >= 15 is 0 Å². The fourth-order valence-electron chi connectivity index (χ4n) is 1.25. The maximum atomic E-state index is 4.59. The van der Waals surface area contributed by atoms with Crippen LogP contribution in [-0.2, 0) is 12.0 Å². The van der Waals surface area contributed by atoms with Gasteiger partial charge in [0, 0.05) is 17.3 Å². The Morgan fingerprint density at radius 1 is 1.67 bits per heavy atom. The van der Waals surface area contributed by atoms with E-state index in [-0.39, 0.29) is 0 Å². The molecule has 1 N–H and O–H groups in total. The van der Waals surface area contributed by atoms with E-state index in [1.165, 1.54) is 23.5 Å². The van der Waals surface area contributed by atoms with Gasteiger partial charge < -0.3 is 5.32 Å². The molecule has 1 aliphatic carbocycles. The second-order valence-corrected chi connectivity index (χ2v) is 4.59. The summed E-state index contributed by atoms with van der Waals surface area (Å²) in [7, 11) is 1.96. The first-order chi connectivity index (χ1) is 5.74. The quantitative estimate of drug-likeness (QED) is 0.772. The number of nitrogens with zero attached hydrogens (tertiary/aromatic N) is 1. The molecular weight excluding hydrogens is 168 g/mol. The molecule has 1 aromatic heterocycles. The predicted octanol–water partition coefficient (Wildman–Crippen LogP) is 1.91. The van der Waals surface area contributed by atoms with E-state index in [1.807, 2.05) is 18.4 Å². The van der Waals surface area contributed by atoms with Gasteiger partial charge in [0.2, 0.25) is 0 Å². The topological polar surface area (TPSA) is 24.9 Å². The van der Waals surface area contributed by atoms with Gasteiger partial charge in [-0.1, -0.05) is 6.92 Å². The lowest BCUT2D eigenvalue weighted by Crippen LogP contribution is -2.06. The third-order valence-corrected chi connectivity index (χ3v) is 3.62. The van der Waals surface area contributed by atoms with Crippen LogP contribution in [0.2, 0.25) is 0 Å². The summed E-state index contributed by atoms with van der Waals surface area (Å²) in [5, 5.41) is 6.60. The molecule has 0 atom stereocenters. The maximum absolute atomic E-state index is 4.59. The molecule has 0 aliphatic heterocycles. The number of thiazole rings is 1. The SMILES string of the molecule is CNCc1csc(C2(C)CC2)n1. The van der Waals surface area contributed by atoms with Crippen LogP contribution >= 0.6 is 11.3 Å². The van der Waals surface area contributed by atoms with Crippen LogP contribution in [0.1, 0.15) is 30.5 Å². The minimum absolute atomic E-state index is 0.441. The van der Waals surface area contributed by atoms with Crippen LogP contribution in [0.15, 0.2) is 5.38 Å². The molecular formula is C9H14N2S. The fraction of sp³-hybridized carbons (Fsp3) is 0.667. The Kier molecular flexibility index (Phi) is 1.93. The van der Waals surface area contributed by atoms with E-state index in [2.05, 4.69) is 22.6 Å². The van der Waals surface area contributed by atoms with E-state index in [0.717, 1.165) is 6.54 Å². The summed E-state index contributed by atoms with van der Waals surface area (Å²) in [5.74, 6) is 0. The molecule has 2 rings (SSSR count). The van der Waals surface area contributed by atoms with Crippen LogP contribution in [0.5, 0.6) is 0 Å². The molecule has 0 spiro atoms. The van der Waals surface area contributed by atoms with Crippen molar-refractivity contribution in [3.63, 3.8) is 0 Å². The highest BCUT2D eigenvalue weighted by molar-refractivity contribution is 7.09. The Bertz CT molecular complexity index is 276. The Labute approximate surface area is 77.0 Å². The van der Waals surface area contributed by atoms with Gasteiger partial charge >= 0.3 is 0 Å². The second kappa shape index (κ2) is 2.82. The van der Waals surface area contributed by atoms with Crippen molar-refractivity contribution in [2.75, 3.05) is 7.05 Å². The molecule has 66 valence electrons. The Balaban J connectivity index is 2.13. The number of rotatable bonds is 3. The van der Waals surface area contributed by atoms with E-state index in [1.54, 1.807) is 0 Å². The van der Waals surface area contributed by atoms with Gasteiger partial charge in [0.15, 0.2) is 0 Å². The zero-order valence-corrected chi connectivity index (χ0v) is 8.37. The average molecular weight is 182 g/mol. The van der Waals surface area contributed by atoms with Gasteiger partial charge in [-0.3, -0.25) is 0 Å². The number of hydrogen-bond acceptors (Lipinski definition) is 3. The van der Waals surface area contributed by atoms with E-state index in [0.29, 0.717) is 5.41 Å². The lowest BCUT2D eigenvalue weighted by molar-refractivity contribution is 0.746. The Hall–Kier alpha value is -0.410. The lowest BCUT2D eigenvalue weighted by atomic mass is 10.2. The van der Waals surface area contributed by atoms with Crippen molar-refractivity contribution >= 4 is 11.3 Å². The normalized spacial score (nSPS) is 19.5. The summed E-state index contributed by atoms with van der Waals surface area (Å²) < 4.78 is 0. The molecule has 1 aliphatic rings. The largest absolute Gasteiger partial charge is 0.314 e. The third kappa shape index (κ3) is 1.39. The minimum Gasteiger partial charge on any atom is -0.314 e. The van der Waals surface area contributed by atoms with Crippen molar-refractivity contribution in [3.8, 4) is 0 Å². The first-order valence-corrected chi connectivity index (χ1v) is 5.22. The summed E-state index contributed by atoms with van der Waals surface area (Å²) in [6, 6.07) is 0. The molecule has 1 saturated carbocycles. The van der Waals surface area contributed by atoms with Crippen molar-refractivity contribution < 1.29 is 0 Å². The van der Waals surface area contributed by atoms with Gasteiger partial charge in [0.05, 0.1) is 10.7 Å². The van der Waals surface area contributed by atoms with Crippen LogP contribution in [0.4, 0.5) is 0 Å². The van der Waals surface area contributed by atoms with Crippen molar-refractivity contribution in [2.45, 2.75) is 31.7 Å². The van der Waals surface area contributed by atoms with Crippen LogP contribution in [0.25, 0.3) is 0 Å². The highest BCUT2D eigenvalue weighted by Gasteiger charge is 2.41. The molecule has 0 saturated heterocycles. The first kappa shape index (κ1) is 8.20. The Morgan fingerprint density at radius 3 is 3.00 bits per heavy atom. The van der Waals surface area contributed by atoms with Crippen LogP contribution < -0.4 is 5.32 Å². The Morgan fingerprint density at radius 2 is 2.42 bits per heavy atom. The minimum atomic E-state index is 0.441. The second-order valence-electron chi connectivity index (χ2n) is 3.73. The summed E-state index contributed by atoms with van der Waals surface area (Å²) in [6.07, 6.45) is 2.64. The summed E-state index contributed by atoms with van der Waals surface area (Å²) >= 11 is 1.81. The molecule has 1 heterocycles. The molecule has 0 bridgehead atoms. The molecule has 3 heteroatoms. The van der Waals surface area contributed by atoms with E-state index < -0.39 is 0 Å². The molecule has 12 heavy (non-hydrogen) atoms. The third-order valence-electron chi connectivity index (χ3n) is 2.43. The van der Waals surface area contributed by atoms with Gasteiger partial charge in [0.1, 0.15) is 0 Å². The van der Waals surface area contributed by atoms with Gasteiger partial charge in [-0.25, -0.2) is 4.98 Å². The van der Waals surface area contributed by atoms with Crippen molar-refractivity contribution in [2.24, 2.45) is 0 Å². The van der Waals surface area contributed by atoms with Gasteiger partial charge in [0.25, 0.3) is 0 Å². The van der Waals surface area contributed by atoms with Crippen molar-refractivity contribution in [3.05, 3.63) is 16.1 Å². The number of nitrogens with one attached hydrogen (secondary N) is 1. The van der Waals surface area contributed by atoms with Crippen molar-refractivity contribution in [1.29, 1.82) is 0 Å². The predicted molar refractivity (Wildman–Crippen MR) is 51.5 cm³/mol. The van der Waals surface area contributed by atoms with Crippen LogP contribution in [-0.4, -0.2) is 12.0 Å².